The maximum absolute atomic E-state index is 9.09. The van der Waals surface area contributed by atoms with Crippen LogP contribution in [0.3, 0.4) is 0 Å². The van der Waals surface area contributed by atoms with Crippen molar-refractivity contribution >= 4 is 0 Å². The van der Waals surface area contributed by atoms with E-state index in [1.54, 1.807) is 6.92 Å². The molecule has 0 bridgehead atoms. The Labute approximate surface area is 82.3 Å². The molecular weight excluding hydrogens is 164 g/mol. The van der Waals surface area contributed by atoms with E-state index in [0.29, 0.717) is 18.4 Å². The van der Waals surface area contributed by atoms with Gasteiger partial charge in [-0.2, -0.15) is 0 Å². The summed E-state index contributed by atoms with van der Waals surface area (Å²) in [4.78, 5) is 0. The van der Waals surface area contributed by atoms with Gasteiger partial charge in [-0.05, 0) is 25.2 Å². The molecule has 0 saturated carbocycles. The smallest absolute Gasteiger partial charge is 0.0745 e. The lowest BCUT2D eigenvalue weighted by Gasteiger charge is -2.23. The highest BCUT2D eigenvalue weighted by atomic mass is 16.5. The Morgan fingerprint density at radius 2 is 1.62 bits per heavy atom. The van der Waals surface area contributed by atoms with Gasteiger partial charge in [0, 0.05) is 0 Å². The molecule has 0 amide bonds. The van der Waals surface area contributed by atoms with Crippen molar-refractivity contribution in [1.29, 1.82) is 0 Å². The van der Waals surface area contributed by atoms with Gasteiger partial charge in [0.15, 0.2) is 0 Å². The van der Waals surface area contributed by atoms with E-state index >= 15 is 0 Å². The minimum atomic E-state index is -0.353. The van der Waals surface area contributed by atoms with Gasteiger partial charge < -0.3 is 9.84 Å². The Balaban J connectivity index is 3.81. The van der Waals surface area contributed by atoms with Crippen LogP contribution in [-0.2, 0) is 4.74 Å². The summed E-state index contributed by atoms with van der Waals surface area (Å²) in [6.45, 7) is 10.9. The number of ether oxygens (including phenoxy) is 1. The summed E-state index contributed by atoms with van der Waals surface area (Å²) in [6.07, 6.45) is 1.01. The molecule has 0 fully saturated rings. The fraction of sp³-hybridized carbons (Fsp3) is 1.00. The molecule has 0 aromatic heterocycles. The van der Waals surface area contributed by atoms with Gasteiger partial charge in [-0.25, -0.2) is 0 Å². The summed E-state index contributed by atoms with van der Waals surface area (Å²) in [5, 5.41) is 9.09. The van der Waals surface area contributed by atoms with Crippen molar-refractivity contribution in [3.8, 4) is 0 Å². The SMILES string of the molecule is CC(C)CC(OCC(C)O)C(C)C. The van der Waals surface area contributed by atoms with Crippen LogP contribution in [0, 0.1) is 11.8 Å². The van der Waals surface area contributed by atoms with Gasteiger partial charge >= 0.3 is 0 Å². The van der Waals surface area contributed by atoms with Gasteiger partial charge in [-0.3, -0.25) is 0 Å². The highest BCUT2D eigenvalue weighted by Crippen LogP contribution is 2.16. The first-order valence-corrected chi connectivity index (χ1v) is 5.23. The van der Waals surface area contributed by atoms with Gasteiger partial charge in [0.05, 0.1) is 18.8 Å². The molecule has 0 aromatic rings. The molecule has 2 heteroatoms. The minimum absolute atomic E-state index is 0.287. The van der Waals surface area contributed by atoms with Crippen LogP contribution < -0.4 is 0 Å². The molecular formula is C11H24O2. The summed E-state index contributed by atoms with van der Waals surface area (Å²) in [5.74, 6) is 1.18. The third-order valence-corrected chi connectivity index (χ3v) is 2.00. The van der Waals surface area contributed by atoms with Gasteiger partial charge in [0.1, 0.15) is 0 Å². The van der Waals surface area contributed by atoms with Crippen molar-refractivity contribution in [3.63, 3.8) is 0 Å². The Morgan fingerprint density at radius 1 is 1.08 bits per heavy atom. The fourth-order valence-corrected chi connectivity index (χ4v) is 1.26. The lowest BCUT2D eigenvalue weighted by Crippen LogP contribution is -2.25. The van der Waals surface area contributed by atoms with E-state index in [1.165, 1.54) is 0 Å². The predicted molar refractivity (Wildman–Crippen MR) is 55.7 cm³/mol. The predicted octanol–water partition coefficient (Wildman–Crippen LogP) is 2.45. The van der Waals surface area contributed by atoms with Gasteiger partial charge in [-0.1, -0.05) is 27.7 Å². The van der Waals surface area contributed by atoms with E-state index in [4.69, 9.17) is 9.84 Å². The third kappa shape index (κ3) is 7.03. The standard InChI is InChI=1S/C11H24O2/c1-8(2)6-11(9(3)4)13-7-10(5)12/h8-12H,6-7H2,1-5H3. The number of hydrogen-bond donors (Lipinski definition) is 1. The molecule has 0 aliphatic carbocycles. The van der Waals surface area contributed by atoms with Crippen molar-refractivity contribution in [2.24, 2.45) is 11.8 Å². The molecule has 0 rings (SSSR count). The zero-order valence-electron chi connectivity index (χ0n) is 9.58. The number of aliphatic hydroxyl groups is 1. The van der Waals surface area contributed by atoms with Gasteiger partial charge in [0.25, 0.3) is 0 Å². The third-order valence-electron chi connectivity index (χ3n) is 2.00. The average molecular weight is 188 g/mol. The second-order valence-electron chi connectivity index (χ2n) is 4.59. The largest absolute Gasteiger partial charge is 0.391 e. The lowest BCUT2D eigenvalue weighted by molar-refractivity contribution is -0.0317. The van der Waals surface area contributed by atoms with Gasteiger partial charge in [-0.15, -0.1) is 0 Å². The Hall–Kier alpha value is -0.0800. The molecule has 1 N–H and O–H groups in total. The number of rotatable bonds is 6. The van der Waals surface area contributed by atoms with Crippen LogP contribution in [0.25, 0.3) is 0 Å². The topological polar surface area (TPSA) is 29.5 Å². The second-order valence-corrected chi connectivity index (χ2v) is 4.59. The van der Waals surface area contributed by atoms with Crippen LogP contribution in [-0.4, -0.2) is 23.9 Å². The zero-order valence-corrected chi connectivity index (χ0v) is 9.58. The molecule has 0 aliphatic rings. The first-order chi connectivity index (χ1) is 5.93. The van der Waals surface area contributed by atoms with Crippen LogP contribution in [0.4, 0.5) is 0 Å². The van der Waals surface area contributed by atoms with Crippen LogP contribution in [0.1, 0.15) is 41.0 Å². The molecule has 2 atom stereocenters. The average Bonchev–Trinajstić information content (AvgIpc) is 1.96. The van der Waals surface area contributed by atoms with Crippen LogP contribution in [0.2, 0.25) is 0 Å². The first kappa shape index (κ1) is 12.9. The van der Waals surface area contributed by atoms with Crippen molar-refractivity contribution in [3.05, 3.63) is 0 Å². The van der Waals surface area contributed by atoms with E-state index in [0.717, 1.165) is 6.42 Å². The Kier molecular flexibility index (Phi) is 6.35. The highest BCUT2D eigenvalue weighted by molar-refractivity contribution is 4.65. The molecule has 0 saturated heterocycles. The van der Waals surface area contributed by atoms with Crippen molar-refractivity contribution < 1.29 is 9.84 Å². The summed E-state index contributed by atoms with van der Waals surface area (Å²) < 4.78 is 5.63. The van der Waals surface area contributed by atoms with Crippen molar-refractivity contribution in [2.75, 3.05) is 6.61 Å². The normalized spacial score (nSPS) is 16.6. The molecule has 2 unspecified atom stereocenters. The summed E-state index contributed by atoms with van der Waals surface area (Å²) in [6, 6.07) is 0. The fourth-order valence-electron chi connectivity index (χ4n) is 1.26. The van der Waals surface area contributed by atoms with E-state index in [-0.39, 0.29) is 12.2 Å². The summed E-state index contributed by atoms with van der Waals surface area (Å²) >= 11 is 0. The van der Waals surface area contributed by atoms with Crippen LogP contribution in [0.5, 0.6) is 0 Å². The molecule has 0 aliphatic heterocycles. The molecule has 13 heavy (non-hydrogen) atoms. The summed E-state index contributed by atoms with van der Waals surface area (Å²) in [5.41, 5.74) is 0. The maximum atomic E-state index is 9.09. The van der Waals surface area contributed by atoms with E-state index in [2.05, 4.69) is 27.7 Å². The quantitative estimate of drug-likeness (QED) is 0.694. The molecule has 0 spiro atoms. The number of hydrogen-bond acceptors (Lipinski definition) is 2. The lowest BCUT2D eigenvalue weighted by atomic mass is 9.97. The molecule has 0 heterocycles. The van der Waals surface area contributed by atoms with Crippen LogP contribution >= 0.6 is 0 Å². The minimum Gasteiger partial charge on any atom is -0.391 e. The Bertz CT molecular complexity index is 119. The summed E-state index contributed by atoms with van der Waals surface area (Å²) in [7, 11) is 0. The molecule has 0 aromatic carbocycles. The Morgan fingerprint density at radius 3 is 1.92 bits per heavy atom. The van der Waals surface area contributed by atoms with Gasteiger partial charge in [0.2, 0.25) is 0 Å². The molecule has 2 nitrogen and oxygen atoms in total. The molecule has 80 valence electrons. The van der Waals surface area contributed by atoms with E-state index in [1.807, 2.05) is 0 Å². The van der Waals surface area contributed by atoms with E-state index < -0.39 is 0 Å². The number of aliphatic hydroxyl groups excluding tert-OH is 1. The second kappa shape index (κ2) is 6.39. The van der Waals surface area contributed by atoms with Crippen molar-refractivity contribution in [2.45, 2.75) is 53.2 Å². The van der Waals surface area contributed by atoms with Crippen LogP contribution in [0.15, 0.2) is 0 Å². The molecule has 0 radical (unpaired) electrons. The monoisotopic (exact) mass is 188 g/mol. The first-order valence-electron chi connectivity index (χ1n) is 5.23. The van der Waals surface area contributed by atoms with E-state index in [9.17, 15) is 0 Å². The van der Waals surface area contributed by atoms with Crippen molar-refractivity contribution in [1.82, 2.24) is 0 Å². The maximum Gasteiger partial charge on any atom is 0.0745 e. The highest BCUT2D eigenvalue weighted by Gasteiger charge is 2.15. The zero-order chi connectivity index (χ0) is 10.4.